The number of likely N-dealkylation sites (tertiary alicyclic amines) is 1. The maximum Gasteiger partial charge on any atom is 0.240 e. The summed E-state index contributed by atoms with van der Waals surface area (Å²) in [5.74, 6) is -0.438. The van der Waals surface area contributed by atoms with Gasteiger partial charge < -0.3 is 10.6 Å². The van der Waals surface area contributed by atoms with Crippen LogP contribution in [0.2, 0.25) is 0 Å². The van der Waals surface area contributed by atoms with Gasteiger partial charge in [0.05, 0.1) is 5.75 Å². The molecule has 1 saturated heterocycles. The molecular weight excluding hydrogens is 264 g/mol. The maximum absolute atomic E-state index is 12.3. The average molecular weight is 290 g/mol. The predicted octanol–water partition coefficient (Wildman–Crippen LogP) is 0.930. The molecule has 1 aliphatic heterocycles. The molecule has 0 bridgehead atoms. The van der Waals surface area contributed by atoms with Crippen molar-refractivity contribution >= 4 is 15.7 Å². The molecule has 0 spiro atoms. The SMILES string of the molecule is CC(C(=O)N1CCCCCC1)S(=O)(=O)CC(C)(C)N. The topological polar surface area (TPSA) is 80.5 Å². The van der Waals surface area contributed by atoms with Crippen LogP contribution in [0, 0.1) is 0 Å². The Balaban J connectivity index is 2.75. The predicted molar refractivity (Wildman–Crippen MR) is 76.6 cm³/mol. The molecule has 0 saturated carbocycles. The molecule has 19 heavy (non-hydrogen) atoms. The lowest BCUT2D eigenvalue weighted by Gasteiger charge is -2.26. The Bertz CT molecular complexity index is 404. The second-order valence-corrected chi connectivity index (χ2v) is 8.50. The summed E-state index contributed by atoms with van der Waals surface area (Å²) in [6, 6.07) is 0. The maximum atomic E-state index is 12.3. The fourth-order valence-electron chi connectivity index (χ4n) is 2.35. The normalized spacial score (nSPS) is 19.9. The third-order valence-electron chi connectivity index (χ3n) is 3.38. The van der Waals surface area contributed by atoms with Crippen molar-refractivity contribution in [2.45, 2.75) is 57.2 Å². The zero-order valence-electron chi connectivity index (χ0n) is 12.2. The fraction of sp³-hybridized carbons (Fsp3) is 0.923. The molecule has 5 nitrogen and oxygen atoms in total. The van der Waals surface area contributed by atoms with Gasteiger partial charge in [0.2, 0.25) is 5.91 Å². The van der Waals surface area contributed by atoms with Gasteiger partial charge in [-0.3, -0.25) is 4.79 Å². The first-order chi connectivity index (χ1) is 8.63. The number of nitrogens with zero attached hydrogens (tertiary/aromatic N) is 1. The van der Waals surface area contributed by atoms with Gasteiger partial charge in [-0.05, 0) is 33.6 Å². The number of amides is 1. The second-order valence-electron chi connectivity index (χ2n) is 6.18. The van der Waals surface area contributed by atoms with E-state index in [0.717, 1.165) is 25.7 Å². The smallest absolute Gasteiger partial charge is 0.240 e. The van der Waals surface area contributed by atoms with E-state index in [4.69, 9.17) is 5.73 Å². The zero-order valence-corrected chi connectivity index (χ0v) is 13.0. The van der Waals surface area contributed by atoms with Gasteiger partial charge >= 0.3 is 0 Å². The summed E-state index contributed by atoms with van der Waals surface area (Å²) in [4.78, 5) is 14.0. The van der Waals surface area contributed by atoms with E-state index in [-0.39, 0.29) is 11.7 Å². The molecule has 112 valence electrons. The molecular formula is C13H26N2O3S. The summed E-state index contributed by atoms with van der Waals surface area (Å²) >= 11 is 0. The van der Waals surface area contributed by atoms with Crippen molar-refractivity contribution in [3.8, 4) is 0 Å². The highest BCUT2D eigenvalue weighted by Crippen LogP contribution is 2.15. The molecule has 1 amide bonds. The van der Waals surface area contributed by atoms with Gasteiger partial charge in [-0.15, -0.1) is 0 Å². The monoisotopic (exact) mass is 290 g/mol. The van der Waals surface area contributed by atoms with Crippen LogP contribution in [0.15, 0.2) is 0 Å². The van der Waals surface area contributed by atoms with Crippen LogP contribution in [0.1, 0.15) is 46.5 Å². The van der Waals surface area contributed by atoms with Crippen molar-refractivity contribution in [3.63, 3.8) is 0 Å². The molecule has 1 rings (SSSR count). The van der Waals surface area contributed by atoms with Crippen LogP contribution in [0.5, 0.6) is 0 Å². The number of sulfone groups is 1. The number of nitrogens with two attached hydrogens (primary N) is 1. The molecule has 1 heterocycles. The highest BCUT2D eigenvalue weighted by Gasteiger charge is 2.34. The van der Waals surface area contributed by atoms with Crippen molar-refractivity contribution in [1.82, 2.24) is 4.90 Å². The fourth-order valence-corrected chi connectivity index (χ4v) is 4.09. The molecule has 0 aromatic rings. The Morgan fingerprint density at radius 1 is 1.21 bits per heavy atom. The Kier molecular flexibility index (Phi) is 5.38. The lowest BCUT2D eigenvalue weighted by molar-refractivity contribution is -0.130. The number of rotatable bonds is 4. The summed E-state index contributed by atoms with van der Waals surface area (Å²) in [5, 5.41) is -0.992. The molecule has 0 aromatic heterocycles. The minimum atomic E-state index is -3.49. The number of hydrogen-bond donors (Lipinski definition) is 1. The highest BCUT2D eigenvalue weighted by atomic mass is 32.2. The summed E-state index contributed by atoms with van der Waals surface area (Å²) in [6.07, 6.45) is 4.14. The summed E-state index contributed by atoms with van der Waals surface area (Å²) in [6.45, 7) is 6.14. The number of hydrogen-bond acceptors (Lipinski definition) is 4. The number of carbonyl (C=O) groups excluding carboxylic acids is 1. The van der Waals surface area contributed by atoms with Crippen LogP contribution in [-0.2, 0) is 14.6 Å². The van der Waals surface area contributed by atoms with Gasteiger partial charge in [0.15, 0.2) is 9.84 Å². The average Bonchev–Trinajstić information content (AvgIpc) is 2.52. The Hall–Kier alpha value is -0.620. The van der Waals surface area contributed by atoms with Crippen molar-refractivity contribution in [3.05, 3.63) is 0 Å². The van der Waals surface area contributed by atoms with Gasteiger partial charge in [0, 0.05) is 18.6 Å². The van der Waals surface area contributed by atoms with Gasteiger partial charge in [-0.1, -0.05) is 12.8 Å². The second kappa shape index (κ2) is 6.22. The van der Waals surface area contributed by atoms with E-state index in [0.29, 0.717) is 13.1 Å². The minimum absolute atomic E-state index is 0.166. The highest BCUT2D eigenvalue weighted by molar-refractivity contribution is 7.92. The Labute approximate surface area is 116 Å². The van der Waals surface area contributed by atoms with Crippen LogP contribution < -0.4 is 5.73 Å². The van der Waals surface area contributed by atoms with Gasteiger partial charge in [-0.25, -0.2) is 8.42 Å². The first kappa shape index (κ1) is 16.4. The Morgan fingerprint density at radius 2 is 1.68 bits per heavy atom. The van der Waals surface area contributed by atoms with Gasteiger partial charge in [-0.2, -0.15) is 0 Å². The van der Waals surface area contributed by atoms with Crippen molar-refractivity contribution in [2.24, 2.45) is 5.73 Å². The standard InChI is InChI=1S/C13H26N2O3S/c1-11(19(17,18)10-13(2,3)14)12(16)15-8-6-4-5-7-9-15/h11H,4-10,14H2,1-3H3. The molecule has 1 atom stereocenters. The van der Waals surface area contributed by atoms with E-state index < -0.39 is 20.6 Å². The Morgan fingerprint density at radius 3 is 2.11 bits per heavy atom. The molecule has 1 unspecified atom stereocenters. The zero-order chi connectivity index (χ0) is 14.7. The van der Waals surface area contributed by atoms with Crippen molar-refractivity contribution in [2.75, 3.05) is 18.8 Å². The summed E-state index contributed by atoms with van der Waals surface area (Å²) in [7, 11) is -3.49. The first-order valence-corrected chi connectivity index (χ1v) is 8.64. The van der Waals surface area contributed by atoms with Crippen LogP contribution in [-0.4, -0.2) is 48.9 Å². The molecule has 2 N–H and O–H groups in total. The van der Waals surface area contributed by atoms with E-state index in [1.54, 1.807) is 18.7 Å². The first-order valence-electron chi connectivity index (χ1n) is 6.93. The molecule has 0 radical (unpaired) electrons. The minimum Gasteiger partial charge on any atom is -0.342 e. The quantitative estimate of drug-likeness (QED) is 0.835. The lowest BCUT2D eigenvalue weighted by atomic mass is 10.1. The number of carbonyl (C=O) groups is 1. The molecule has 1 aliphatic rings. The van der Waals surface area contributed by atoms with Crippen LogP contribution >= 0.6 is 0 Å². The largest absolute Gasteiger partial charge is 0.342 e. The van der Waals surface area contributed by atoms with Crippen LogP contribution in [0.4, 0.5) is 0 Å². The molecule has 0 aromatic carbocycles. The molecule has 0 aliphatic carbocycles. The van der Waals surface area contributed by atoms with Gasteiger partial charge in [0.1, 0.15) is 5.25 Å². The van der Waals surface area contributed by atoms with Gasteiger partial charge in [0.25, 0.3) is 0 Å². The van der Waals surface area contributed by atoms with E-state index in [1.165, 1.54) is 6.92 Å². The summed E-state index contributed by atoms with van der Waals surface area (Å²) in [5.41, 5.74) is 4.95. The van der Waals surface area contributed by atoms with Crippen LogP contribution in [0.3, 0.4) is 0 Å². The van der Waals surface area contributed by atoms with Crippen LogP contribution in [0.25, 0.3) is 0 Å². The van der Waals surface area contributed by atoms with E-state index in [9.17, 15) is 13.2 Å². The summed E-state index contributed by atoms with van der Waals surface area (Å²) < 4.78 is 24.4. The third-order valence-corrected chi connectivity index (χ3v) is 5.80. The molecule has 6 heteroatoms. The van der Waals surface area contributed by atoms with E-state index >= 15 is 0 Å². The third kappa shape index (κ3) is 5.10. The molecule has 1 fully saturated rings. The lowest BCUT2D eigenvalue weighted by Crippen LogP contribution is -2.48. The van der Waals surface area contributed by atoms with Crippen molar-refractivity contribution in [1.29, 1.82) is 0 Å². The van der Waals surface area contributed by atoms with Crippen molar-refractivity contribution < 1.29 is 13.2 Å². The van der Waals surface area contributed by atoms with E-state index in [2.05, 4.69) is 0 Å². The van der Waals surface area contributed by atoms with E-state index in [1.807, 2.05) is 0 Å².